The van der Waals surface area contributed by atoms with E-state index in [2.05, 4.69) is 5.32 Å². The van der Waals surface area contributed by atoms with E-state index in [1.807, 2.05) is 36.5 Å². The van der Waals surface area contributed by atoms with Crippen LogP contribution < -0.4 is 5.32 Å². The molecule has 0 saturated heterocycles. The van der Waals surface area contributed by atoms with Crippen LogP contribution in [0.2, 0.25) is 0 Å². The Balaban J connectivity index is 1.87. The largest absolute Gasteiger partial charge is 0.481 e. The van der Waals surface area contributed by atoms with E-state index >= 15 is 0 Å². The molecule has 0 radical (unpaired) electrons. The highest BCUT2D eigenvalue weighted by atomic mass is 32.1. The molecule has 104 valence electrons. The van der Waals surface area contributed by atoms with E-state index in [4.69, 9.17) is 5.11 Å². The highest BCUT2D eigenvalue weighted by Gasteiger charge is 2.48. The van der Waals surface area contributed by atoms with Gasteiger partial charge in [0.1, 0.15) is 0 Å². The number of rotatable bonds is 6. The Morgan fingerprint density at radius 1 is 1.53 bits per heavy atom. The van der Waals surface area contributed by atoms with Crippen LogP contribution in [0.5, 0.6) is 0 Å². The molecule has 0 aliphatic heterocycles. The normalized spacial score (nSPS) is 23.1. The molecule has 5 nitrogen and oxygen atoms in total. The number of nitrogens with zero attached hydrogens (tertiary/aromatic N) is 1. The average Bonchev–Trinajstić information content (AvgIpc) is 2.99. The smallest absolute Gasteiger partial charge is 0.307 e. The van der Waals surface area contributed by atoms with Gasteiger partial charge in [0.2, 0.25) is 5.91 Å². The number of amides is 1. The van der Waals surface area contributed by atoms with E-state index in [1.165, 1.54) is 4.88 Å². The minimum absolute atomic E-state index is 0.131. The molecule has 1 heterocycles. The van der Waals surface area contributed by atoms with Gasteiger partial charge < -0.3 is 15.3 Å². The van der Waals surface area contributed by atoms with Crippen LogP contribution >= 0.6 is 11.3 Å². The van der Waals surface area contributed by atoms with Crippen molar-refractivity contribution in [2.24, 2.45) is 11.8 Å². The summed E-state index contributed by atoms with van der Waals surface area (Å²) in [7, 11) is 3.93. The number of hydrogen-bond acceptors (Lipinski definition) is 4. The highest BCUT2D eigenvalue weighted by molar-refractivity contribution is 7.10. The molecule has 6 heteroatoms. The second-order valence-electron chi connectivity index (χ2n) is 5.03. The SMILES string of the molecule is CN(C)C(CNC(=O)C1CC1C(=O)O)c1cccs1. The Morgan fingerprint density at radius 3 is 2.74 bits per heavy atom. The maximum atomic E-state index is 11.8. The lowest BCUT2D eigenvalue weighted by atomic mass is 10.2. The molecule has 1 aromatic rings. The van der Waals surface area contributed by atoms with Gasteiger partial charge in [0.05, 0.1) is 17.9 Å². The van der Waals surface area contributed by atoms with E-state index in [1.54, 1.807) is 11.3 Å². The van der Waals surface area contributed by atoms with Crippen LogP contribution in [0.4, 0.5) is 0 Å². The Kier molecular flexibility index (Phi) is 4.21. The van der Waals surface area contributed by atoms with Crippen molar-refractivity contribution in [3.05, 3.63) is 22.4 Å². The Labute approximate surface area is 116 Å². The summed E-state index contributed by atoms with van der Waals surface area (Å²) in [6.45, 7) is 0.509. The number of carbonyl (C=O) groups excluding carboxylic acids is 1. The molecule has 1 aliphatic carbocycles. The molecular formula is C13H18N2O3S. The van der Waals surface area contributed by atoms with Gasteiger partial charge in [0, 0.05) is 11.4 Å². The molecule has 2 rings (SSSR count). The molecule has 0 bridgehead atoms. The monoisotopic (exact) mass is 282 g/mol. The zero-order valence-electron chi connectivity index (χ0n) is 11.0. The first-order valence-corrected chi connectivity index (χ1v) is 7.09. The van der Waals surface area contributed by atoms with Crippen molar-refractivity contribution in [3.8, 4) is 0 Å². The van der Waals surface area contributed by atoms with E-state index in [-0.39, 0.29) is 17.9 Å². The van der Waals surface area contributed by atoms with Crippen LogP contribution in [0.3, 0.4) is 0 Å². The van der Waals surface area contributed by atoms with Crippen molar-refractivity contribution in [1.82, 2.24) is 10.2 Å². The van der Waals surface area contributed by atoms with Crippen LogP contribution in [0.15, 0.2) is 17.5 Å². The lowest BCUT2D eigenvalue weighted by Gasteiger charge is -2.23. The summed E-state index contributed by atoms with van der Waals surface area (Å²) in [5.74, 6) is -1.85. The minimum atomic E-state index is -0.873. The van der Waals surface area contributed by atoms with Gasteiger partial charge >= 0.3 is 5.97 Å². The topological polar surface area (TPSA) is 69.6 Å². The Morgan fingerprint density at radius 2 is 2.26 bits per heavy atom. The summed E-state index contributed by atoms with van der Waals surface area (Å²) in [5, 5.41) is 13.7. The lowest BCUT2D eigenvalue weighted by molar-refractivity contribution is -0.140. The quantitative estimate of drug-likeness (QED) is 0.822. The molecule has 3 atom stereocenters. The fourth-order valence-corrected chi connectivity index (χ4v) is 3.03. The van der Waals surface area contributed by atoms with Crippen LogP contribution in [0.25, 0.3) is 0 Å². The van der Waals surface area contributed by atoms with Gasteiger partial charge in [-0.25, -0.2) is 0 Å². The fraction of sp³-hybridized carbons (Fsp3) is 0.538. The molecule has 3 unspecified atom stereocenters. The summed E-state index contributed by atoms with van der Waals surface area (Å²) in [6, 6.07) is 4.16. The van der Waals surface area contributed by atoms with Crippen LogP contribution in [0.1, 0.15) is 17.3 Å². The van der Waals surface area contributed by atoms with Gasteiger partial charge in [0.15, 0.2) is 0 Å². The summed E-state index contributed by atoms with van der Waals surface area (Å²) >= 11 is 1.65. The number of carboxylic acid groups (broad SMARTS) is 1. The second-order valence-corrected chi connectivity index (χ2v) is 6.01. The van der Waals surface area contributed by atoms with E-state index in [0.29, 0.717) is 13.0 Å². The lowest BCUT2D eigenvalue weighted by Crippen LogP contribution is -2.35. The number of carbonyl (C=O) groups is 2. The van der Waals surface area contributed by atoms with Crippen molar-refractivity contribution in [3.63, 3.8) is 0 Å². The van der Waals surface area contributed by atoms with Crippen LogP contribution in [0, 0.1) is 11.8 Å². The van der Waals surface area contributed by atoms with E-state index < -0.39 is 11.9 Å². The van der Waals surface area contributed by atoms with Gasteiger partial charge in [0.25, 0.3) is 0 Å². The van der Waals surface area contributed by atoms with Gasteiger partial charge in [-0.2, -0.15) is 0 Å². The zero-order valence-corrected chi connectivity index (χ0v) is 11.8. The zero-order chi connectivity index (χ0) is 14.0. The number of aliphatic carboxylic acids is 1. The number of nitrogens with one attached hydrogen (secondary N) is 1. The minimum Gasteiger partial charge on any atom is -0.481 e. The van der Waals surface area contributed by atoms with Gasteiger partial charge in [-0.1, -0.05) is 6.07 Å². The number of thiophene rings is 1. The van der Waals surface area contributed by atoms with Crippen LogP contribution in [-0.2, 0) is 9.59 Å². The van der Waals surface area contributed by atoms with Crippen molar-refractivity contribution >= 4 is 23.2 Å². The van der Waals surface area contributed by atoms with E-state index in [9.17, 15) is 9.59 Å². The number of carboxylic acids is 1. The van der Waals surface area contributed by atoms with Crippen molar-refractivity contribution < 1.29 is 14.7 Å². The van der Waals surface area contributed by atoms with Crippen molar-refractivity contribution in [1.29, 1.82) is 0 Å². The third kappa shape index (κ3) is 3.33. The second kappa shape index (κ2) is 5.71. The fourth-order valence-electron chi connectivity index (χ4n) is 2.10. The molecule has 19 heavy (non-hydrogen) atoms. The summed E-state index contributed by atoms with van der Waals surface area (Å²) in [5.41, 5.74) is 0. The molecule has 1 fully saturated rings. The third-order valence-corrected chi connectivity index (χ3v) is 4.38. The predicted octanol–water partition coefficient (Wildman–Crippen LogP) is 1.19. The molecule has 1 amide bonds. The molecule has 1 aliphatic rings. The molecule has 1 saturated carbocycles. The summed E-state index contributed by atoms with van der Waals surface area (Å²) in [4.78, 5) is 25.8. The summed E-state index contributed by atoms with van der Waals surface area (Å²) < 4.78 is 0. The first-order chi connectivity index (χ1) is 9.00. The first kappa shape index (κ1) is 14.0. The maximum Gasteiger partial charge on any atom is 0.307 e. The van der Waals surface area contributed by atoms with Gasteiger partial charge in [-0.15, -0.1) is 11.3 Å². The van der Waals surface area contributed by atoms with Gasteiger partial charge in [-0.05, 0) is 32.0 Å². The molecule has 0 spiro atoms. The number of hydrogen-bond donors (Lipinski definition) is 2. The van der Waals surface area contributed by atoms with Gasteiger partial charge in [-0.3, -0.25) is 9.59 Å². The highest BCUT2D eigenvalue weighted by Crippen LogP contribution is 2.38. The van der Waals surface area contributed by atoms with E-state index in [0.717, 1.165) is 0 Å². The summed E-state index contributed by atoms with van der Waals surface area (Å²) in [6.07, 6.45) is 0.465. The standard InChI is InChI=1S/C13H18N2O3S/c1-15(2)10(11-4-3-5-19-11)7-14-12(16)8-6-9(8)13(17)18/h3-5,8-10H,6-7H2,1-2H3,(H,14,16)(H,17,18). The Hall–Kier alpha value is -1.40. The molecule has 2 N–H and O–H groups in total. The average molecular weight is 282 g/mol. The van der Waals surface area contributed by atoms with Crippen molar-refractivity contribution in [2.75, 3.05) is 20.6 Å². The maximum absolute atomic E-state index is 11.8. The first-order valence-electron chi connectivity index (χ1n) is 6.21. The molecule has 0 aromatic carbocycles. The number of likely N-dealkylation sites (N-methyl/N-ethyl adjacent to an activating group) is 1. The molecular weight excluding hydrogens is 264 g/mol. The third-order valence-electron chi connectivity index (χ3n) is 3.41. The molecule has 1 aromatic heterocycles. The van der Waals surface area contributed by atoms with Crippen LogP contribution in [-0.4, -0.2) is 42.5 Å². The Bertz CT molecular complexity index is 458. The van der Waals surface area contributed by atoms with Crippen molar-refractivity contribution in [2.45, 2.75) is 12.5 Å². The predicted molar refractivity (Wildman–Crippen MR) is 73.0 cm³/mol.